The number of ether oxygens (including phenoxy) is 2. The molecule has 0 amide bonds. The van der Waals surface area contributed by atoms with Gasteiger partial charge < -0.3 is 18.9 Å². The topological polar surface area (TPSA) is 108 Å². The minimum Gasteiger partial charge on any atom is -0.462 e. The molecule has 0 heterocycles. The molecule has 0 saturated carbocycles. The van der Waals surface area contributed by atoms with Crippen molar-refractivity contribution in [2.45, 2.75) is 347 Å². The van der Waals surface area contributed by atoms with Crippen LogP contribution in [-0.2, 0) is 32.7 Å². The Labute approximate surface area is 527 Å². The molecule has 0 rings (SSSR count). The van der Waals surface area contributed by atoms with Crippen LogP contribution in [0.4, 0.5) is 0 Å². The number of carbonyl (C=O) groups excluding carboxylic acids is 2. The van der Waals surface area contributed by atoms with Gasteiger partial charge in [-0.15, -0.1) is 0 Å². The van der Waals surface area contributed by atoms with Crippen molar-refractivity contribution in [2.24, 2.45) is 0 Å². The quantitative estimate of drug-likeness (QED) is 0.0211. The number of phosphoric ester groups is 1. The second-order valence-corrected chi connectivity index (χ2v) is 27.1. The number of allylic oxidation sites excluding steroid dienone is 12. The van der Waals surface area contributed by atoms with Gasteiger partial charge in [0.15, 0.2) is 6.10 Å². The van der Waals surface area contributed by atoms with Gasteiger partial charge >= 0.3 is 19.8 Å². The third-order valence-electron chi connectivity index (χ3n) is 16.0. The maximum absolute atomic E-state index is 12.9. The highest BCUT2D eigenvalue weighted by Gasteiger charge is 2.27. The first-order valence-corrected chi connectivity index (χ1v) is 37.7. The molecule has 0 aliphatic heterocycles. The van der Waals surface area contributed by atoms with Crippen molar-refractivity contribution in [2.75, 3.05) is 47.5 Å². The van der Waals surface area contributed by atoms with Crippen molar-refractivity contribution in [3.8, 4) is 0 Å². The predicted molar refractivity (Wildman–Crippen MR) is 367 cm³/mol. The summed E-state index contributed by atoms with van der Waals surface area (Å²) in [6, 6.07) is 0. The van der Waals surface area contributed by atoms with Crippen molar-refractivity contribution in [3.63, 3.8) is 0 Å². The van der Waals surface area contributed by atoms with E-state index >= 15 is 0 Å². The van der Waals surface area contributed by atoms with Gasteiger partial charge in [0, 0.05) is 12.8 Å². The summed E-state index contributed by atoms with van der Waals surface area (Å²) in [5, 5.41) is 0. The fourth-order valence-corrected chi connectivity index (χ4v) is 11.2. The normalized spacial score (nSPS) is 13.5. The summed E-state index contributed by atoms with van der Waals surface area (Å²) < 4.78 is 34.8. The van der Waals surface area contributed by atoms with Crippen molar-refractivity contribution >= 4 is 19.8 Å². The Bertz CT molecular complexity index is 1660. The van der Waals surface area contributed by atoms with Crippen LogP contribution in [0.3, 0.4) is 0 Å². The summed E-state index contributed by atoms with van der Waals surface area (Å²) in [5.41, 5.74) is 0. The Hall–Kier alpha value is -2.55. The van der Waals surface area contributed by atoms with Gasteiger partial charge in [-0.2, -0.15) is 0 Å². The van der Waals surface area contributed by atoms with Crippen molar-refractivity contribution in [1.29, 1.82) is 0 Å². The van der Waals surface area contributed by atoms with Crippen LogP contribution in [0.2, 0.25) is 0 Å². The van der Waals surface area contributed by atoms with E-state index < -0.39 is 26.5 Å². The maximum atomic E-state index is 12.9. The van der Waals surface area contributed by atoms with Crippen LogP contribution in [0.15, 0.2) is 72.9 Å². The molecule has 9 nitrogen and oxygen atoms in total. The van der Waals surface area contributed by atoms with E-state index in [4.69, 9.17) is 18.5 Å². The maximum Gasteiger partial charge on any atom is 0.472 e. The molecule has 85 heavy (non-hydrogen) atoms. The van der Waals surface area contributed by atoms with Crippen LogP contribution < -0.4 is 0 Å². The number of carbonyl (C=O) groups is 2. The third-order valence-corrected chi connectivity index (χ3v) is 17.0. The monoisotopic (exact) mass is 1210 g/mol. The minimum atomic E-state index is -4.39. The molecule has 0 aliphatic carbocycles. The molecule has 0 aromatic rings. The highest BCUT2D eigenvalue weighted by molar-refractivity contribution is 7.47. The van der Waals surface area contributed by atoms with Gasteiger partial charge in [0.2, 0.25) is 0 Å². The second-order valence-electron chi connectivity index (χ2n) is 25.6. The Kier molecular flexibility index (Phi) is 63.9. The first-order chi connectivity index (χ1) is 41.5. The molecule has 0 aliphatic rings. The first kappa shape index (κ1) is 82.5. The average Bonchev–Trinajstić information content (AvgIpc) is 3.50. The molecule has 0 spiro atoms. The summed E-state index contributed by atoms with van der Waals surface area (Å²) in [6.07, 6.45) is 88.7. The lowest BCUT2D eigenvalue weighted by Gasteiger charge is -2.24. The minimum absolute atomic E-state index is 0.0310. The number of phosphoric acid groups is 1. The zero-order valence-electron chi connectivity index (χ0n) is 56.6. The van der Waals surface area contributed by atoms with Gasteiger partial charge in [0.1, 0.15) is 19.8 Å². The van der Waals surface area contributed by atoms with Gasteiger partial charge in [0.25, 0.3) is 0 Å². The average molecular weight is 1210 g/mol. The number of nitrogens with zero attached hydrogens (tertiary/aromatic N) is 1. The number of hydrogen-bond acceptors (Lipinski definition) is 7. The lowest BCUT2D eigenvalue weighted by atomic mass is 10.0. The zero-order valence-corrected chi connectivity index (χ0v) is 57.5. The van der Waals surface area contributed by atoms with E-state index in [1.807, 2.05) is 21.1 Å². The fraction of sp³-hybridized carbons (Fsp3) is 0.813. The highest BCUT2D eigenvalue weighted by atomic mass is 31.2. The molecule has 10 heteroatoms. The van der Waals surface area contributed by atoms with E-state index in [-0.39, 0.29) is 25.6 Å². The molecular formula is C75H139NO8P+. The molecule has 0 fully saturated rings. The molecule has 0 radical (unpaired) electrons. The van der Waals surface area contributed by atoms with Crippen molar-refractivity contribution < 1.29 is 42.1 Å². The van der Waals surface area contributed by atoms with E-state index in [0.717, 1.165) is 77.0 Å². The van der Waals surface area contributed by atoms with Crippen LogP contribution in [-0.4, -0.2) is 74.9 Å². The summed E-state index contributed by atoms with van der Waals surface area (Å²) in [5.74, 6) is -0.785. The van der Waals surface area contributed by atoms with E-state index in [2.05, 4.69) is 86.8 Å². The third kappa shape index (κ3) is 70.4. The van der Waals surface area contributed by atoms with Crippen LogP contribution in [0, 0.1) is 0 Å². The second kappa shape index (κ2) is 65.9. The first-order valence-electron chi connectivity index (χ1n) is 36.2. The SMILES string of the molecule is CC/C=C\C/C=C\C/C=C\C/C=C\C/C=C\C/C=C\CCCCCCCCCCCCCCC(=O)OC(COC(=O)CCCCCCCCCCCCCCCCCCCCCCCCCCCCCCCC)COP(=O)(O)OCC[N+](C)(C)C. The lowest BCUT2D eigenvalue weighted by Crippen LogP contribution is -2.37. The number of unbranched alkanes of at least 4 members (excludes halogenated alkanes) is 41. The van der Waals surface area contributed by atoms with E-state index in [9.17, 15) is 19.0 Å². The van der Waals surface area contributed by atoms with Gasteiger partial charge in [0.05, 0.1) is 27.7 Å². The Morgan fingerprint density at radius 1 is 0.376 bits per heavy atom. The van der Waals surface area contributed by atoms with Crippen LogP contribution >= 0.6 is 7.82 Å². The van der Waals surface area contributed by atoms with Crippen molar-refractivity contribution in [3.05, 3.63) is 72.9 Å². The van der Waals surface area contributed by atoms with Gasteiger partial charge in [-0.25, -0.2) is 4.57 Å². The smallest absolute Gasteiger partial charge is 0.462 e. The van der Waals surface area contributed by atoms with Crippen LogP contribution in [0.25, 0.3) is 0 Å². The van der Waals surface area contributed by atoms with E-state index in [1.54, 1.807) is 0 Å². The zero-order chi connectivity index (χ0) is 61.9. The van der Waals surface area contributed by atoms with Gasteiger partial charge in [-0.3, -0.25) is 18.6 Å². The molecule has 2 unspecified atom stereocenters. The number of esters is 2. The molecule has 0 bridgehead atoms. The van der Waals surface area contributed by atoms with Crippen LogP contribution in [0.5, 0.6) is 0 Å². The standard InChI is InChI=1S/C75H138NO8P/c1-6-8-10-12-14-16-18-20-22-24-26-28-30-32-34-36-38-40-42-44-46-48-50-52-54-56-58-60-62-64-66-68-75(78)84-73(72-83-85(79,80)82-70-69-76(3,4)5)71-81-74(77)67-65-63-61-59-57-55-53-51-49-47-45-43-41-39-37-35-33-31-29-27-25-23-21-19-17-15-13-11-9-7-2/h8,10,14,16,20,22,26,28,32,34,38,40,73H,6-7,9,11-13,15,17-19,21,23-25,27,29-31,33,35-37,39,41-72H2,1-5H3/p+1/b10-8-,16-14-,22-20-,28-26-,34-32-,40-38-. The fourth-order valence-electron chi connectivity index (χ4n) is 10.5. The largest absolute Gasteiger partial charge is 0.472 e. The molecule has 0 aromatic carbocycles. The highest BCUT2D eigenvalue weighted by Crippen LogP contribution is 2.43. The Balaban J connectivity index is 4.02. The van der Waals surface area contributed by atoms with E-state index in [0.29, 0.717) is 23.9 Å². The summed E-state index contributed by atoms with van der Waals surface area (Å²) in [7, 11) is 1.49. The predicted octanol–water partition coefficient (Wildman–Crippen LogP) is 23.6. The van der Waals surface area contributed by atoms with Crippen LogP contribution in [0.1, 0.15) is 341 Å². The van der Waals surface area contributed by atoms with Crippen molar-refractivity contribution in [1.82, 2.24) is 0 Å². The lowest BCUT2D eigenvalue weighted by molar-refractivity contribution is -0.870. The molecule has 1 N–H and O–H groups in total. The number of rotatable bonds is 67. The molecule has 0 aromatic heterocycles. The molecular weight excluding hydrogens is 1070 g/mol. The Morgan fingerprint density at radius 3 is 1.00 bits per heavy atom. The summed E-state index contributed by atoms with van der Waals surface area (Å²) in [4.78, 5) is 35.9. The number of likely N-dealkylation sites (N-methyl/N-ethyl adjacent to an activating group) is 1. The van der Waals surface area contributed by atoms with Gasteiger partial charge in [-0.1, -0.05) is 337 Å². The Morgan fingerprint density at radius 2 is 0.671 bits per heavy atom. The van der Waals surface area contributed by atoms with Gasteiger partial charge in [-0.05, 0) is 64.2 Å². The number of quaternary nitrogens is 1. The summed E-state index contributed by atoms with van der Waals surface area (Å²) in [6.45, 7) is 4.37. The number of hydrogen-bond donors (Lipinski definition) is 1. The van der Waals surface area contributed by atoms with E-state index in [1.165, 1.54) is 231 Å². The molecule has 2 atom stereocenters. The molecule has 496 valence electrons. The molecule has 0 saturated heterocycles. The summed E-state index contributed by atoms with van der Waals surface area (Å²) >= 11 is 0.